The molecule has 1 aromatic carbocycles. The summed E-state index contributed by atoms with van der Waals surface area (Å²) in [7, 11) is 0. The Hall–Kier alpha value is -0.890. The number of nitrogens with two attached hydrogens (primary N) is 1. The number of ether oxygens (including phenoxy) is 1. The molecule has 0 aromatic heterocycles. The van der Waals surface area contributed by atoms with Crippen LogP contribution in [0.4, 0.5) is 0 Å². The van der Waals surface area contributed by atoms with Gasteiger partial charge in [-0.25, -0.2) is 0 Å². The van der Waals surface area contributed by atoms with Crippen LogP contribution in [-0.2, 0) is 22.6 Å². The highest BCUT2D eigenvalue weighted by Crippen LogP contribution is 2.27. The molecule has 0 radical (unpaired) electrons. The number of carbonyl (C=O) groups excluding carboxylic acids is 1. The van der Waals surface area contributed by atoms with Gasteiger partial charge < -0.3 is 15.8 Å². The summed E-state index contributed by atoms with van der Waals surface area (Å²) >= 11 is 0. The molecule has 0 aliphatic carbocycles. The van der Waals surface area contributed by atoms with Crippen LogP contribution in [0.25, 0.3) is 0 Å². The minimum Gasteiger partial charge on any atom is -0.379 e. The summed E-state index contributed by atoms with van der Waals surface area (Å²) in [4.78, 5) is 17.1. The Labute approximate surface area is 187 Å². The molecule has 2 aliphatic rings. The van der Waals surface area contributed by atoms with Crippen molar-refractivity contribution in [2.45, 2.75) is 39.4 Å². The first-order chi connectivity index (χ1) is 12.9. The molecule has 29 heavy (non-hydrogen) atoms. The predicted octanol–water partition coefficient (Wildman–Crippen LogP) is 2.04. The van der Waals surface area contributed by atoms with Crippen molar-refractivity contribution in [3.8, 4) is 0 Å². The molecular formula is C21H36Cl2N4O2. The SMILES string of the molecule is CC1(C)CN(CC(=O)NCc2ccccc2CN2CCOCC2)CCC1N.Cl.Cl. The third-order valence-electron chi connectivity index (χ3n) is 5.85. The number of halogens is 2. The van der Waals surface area contributed by atoms with Crippen molar-refractivity contribution in [2.24, 2.45) is 11.1 Å². The predicted molar refractivity (Wildman–Crippen MR) is 122 cm³/mol. The first-order valence-electron chi connectivity index (χ1n) is 10.1. The third kappa shape index (κ3) is 7.70. The molecule has 0 spiro atoms. The zero-order valence-electron chi connectivity index (χ0n) is 17.6. The van der Waals surface area contributed by atoms with Crippen molar-refractivity contribution >= 4 is 30.7 Å². The number of nitrogens with zero attached hydrogens (tertiary/aromatic N) is 2. The number of carbonyl (C=O) groups is 1. The standard InChI is InChI=1S/C21H34N4O2.2ClH/c1-21(2)16-25(8-7-19(21)22)15-20(26)23-13-17-5-3-4-6-18(17)14-24-9-11-27-12-10-24;;/h3-6,19H,7-16,22H2,1-2H3,(H,23,26);2*1H. The molecule has 2 aliphatic heterocycles. The van der Waals surface area contributed by atoms with Gasteiger partial charge in [-0.2, -0.15) is 0 Å². The number of hydrogen-bond donors (Lipinski definition) is 2. The molecule has 3 rings (SSSR count). The maximum absolute atomic E-state index is 12.5. The van der Waals surface area contributed by atoms with Crippen LogP contribution in [0.3, 0.4) is 0 Å². The zero-order chi connectivity index (χ0) is 19.3. The van der Waals surface area contributed by atoms with E-state index in [1.54, 1.807) is 0 Å². The minimum atomic E-state index is 0. The van der Waals surface area contributed by atoms with Gasteiger partial charge in [-0.15, -0.1) is 24.8 Å². The van der Waals surface area contributed by atoms with E-state index in [2.05, 4.69) is 47.2 Å². The fraction of sp³-hybridized carbons (Fsp3) is 0.667. The number of hydrogen-bond acceptors (Lipinski definition) is 5. The van der Waals surface area contributed by atoms with Crippen molar-refractivity contribution in [3.63, 3.8) is 0 Å². The van der Waals surface area contributed by atoms with Crippen molar-refractivity contribution in [3.05, 3.63) is 35.4 Å². The molecule has 0 bridgehead atoms. The van der Waals surface area contributed by atoms with Crippen LogP contribution >= 0.6 is 24.8 Å². The van der Waals surface area contributed by atoms with Crippen molar-refractivity contribution < 1.29 is 9.53 Å². The highest BCUT2D eigenvalue weighted by molar-refractivity contribution is 5.85. The average Bonchev–Trinajstić information content (AvgIpc) is 2.65. The van der Waals surface area contributed by atoms with Crippen molar-refractivity contribution in [2.75, 3.05) is 45.9 Å². The Kier molecular flexibility index (Phi) is 10.9. The fourth-order valence-corrected chi connectivity index (χ4v) is 3.96. The van der Waals surface area contributed by atoms with Crippen LogP contribution in [0.15, 0.2) is 24.3 Å². The monoisotopic (exact) mass is 446 g/mol. The lowest BCUT2D eigenvalue weighted by atomic mass is 9.80. The van der Waals surface area contributed by atoms with Gasteiger partial charge in [0.25, 0.3) is 0 Å². The largest absolute Gasteiger partial charge is 0.379 e. The summed E-state index contributed by atoms with van der Waals surface area (Å²) in [5.41, 5.74) is 8.73. The second kappa shape index (κ2) is 12.1. The molecule has 166 valence electrons. The van der Waals surface area contributed by atoms with Crippen LogP contribution in [0.2, 0.25) is 0 Å². The van der Waals surface area contributed by atoms with Crippen LogP contribution < -0.4 is 11.1 Å². The molecule has 8 heteroatoms. The van der Waals surface area contributed by atoms with Gasteiger partial charge in [0.05, 0.1) is 19.8 Å². The number of nitrogens with one attached hydrogen (secondary N) is 1. The van der Waals surface area contributed by atoms with E-state index in [-0.39, 0.29) is 42.2 Å². The molecule has 3 N–H and O–H groups in total. The van der Waals surface area contributed by atoms with Crippen molar-refractivity contribution in [1.29, 1.82) is 0 Å². The summed E-state index contributed by atoms with van der Waals surface area (Å²) in [5.74, 6) is 0.0856. The molecular weight excluding hydrogens is 411 g/mol. The lowest BCUT2D eigenvalue weighted by Crippen LogP contribution is -2.54. The Morgan fingerprint density at radius 3 is 2.45 bits per heavy atom. The quantitative estimate of drug-likeness (QED) is 0.699. The van der Waals surface area contributed by atoms with Gasteiger partial charge in [0.2, 0.25) is 5.91 Å². The zero-order valence-corrected chi connectivity index (χ0v) is 19.2. The van der Waals surface area contributed by atoms with Gasteiger partial charge in [0.1, 0.15) is 0 Å². The number of likely N-dealkylation sites (tertiary alicyclic amines) is 1. The summed E-state index contributed by atoms with van der Waals surface area (Å²) in [5, 5.41) is 3.11. The maximum Gasteiger partial charge on any atom is 0.234 e. The van der Waals surface area contributed by atoms with E-state index in [1.807, 2.05) is 6.07 Å². The lowest BCUT2D eigenvalue weighted by Gasteiger charge is -2.42. The number of amides is 1. The molecule has 2 fully saturated rings. The third-order valence-corrected chi connectivity index (χ3v) is 5.85. The van der Waals surface area contributed by atoms with E-state index in [9.17, 15) is 4.79 Å². The van der Waals surface area contributed by atoms with Gasteiger partial charge in [-0.1, -0.05) is 38.1 Å². The molecule has 2 saturated heterocycles. The van der Waals surface area contributed by atoms with Gasteiger partial charge >= 0.3 is 0 Å². The van der Waals surface area contributed by atoms with Gasteiger partial charge in [-0.05, 0) is 23.0 Å². The van der Waals surface area contributed by atoms with Crippen LogP contribution in [0, 0.1) is 5.41 Å². The summed E-state index contributed by atoms with van der Waals surface area (Å²) < 4.78 is 5.43. The molecule has 2 heterocycles. The second-order valence-electron chi connectivity index (χ2n) is 8.53. The summed E-state index contributed by atoms with van der Waals surface area (Å²) in [6.07, 6.45) is 0.947. The van der Waals surface area contributed by atoms with Crippen LogP contribution in [0.1, 0.15) is 31.4 Å². The highest BCUT2D eigenvalue weighted by Gasteiger charge is 2.33. The highest BCUT2D eigenvalue weighted by atomic mass is 35.5. The fourth-order valence-electron chi connectivity index (χ4n) is 3.96. The topological polar surface area (TPSA) is 70.8 Å². The molecule has 6 nitrogen and oxygen atoms in total. The molecule has 1 aromatic rings. The van der Waals surface area contributed by atoms with E-state index < -0.39 is 0 Å². The van der Waals surface area contributed by atoms with E-state index in [1.165, 1.54) is 11.1 Å². The normalized spacial score (nSPS) is 22.2. The van der Waals surface area contributed by atoms with E-state index in [0.717, 1.165) is 52.4 Å². The lowest BCUT2D eigenvalue weighted by molar-refractivity contribution is -0.123. The molecule has 1 amide bonds. The first-order valence-corrected chi connectivity index (χ1v) is 10.1. The van der Waals surface area contributed by atoms with Crippen molar-refractivity contribution in [1.82, 2.24) is 15.1 Å². The summed E-state index contributed by atoms with van der Waals surface area (Å²) in [6.45, 7) is 11.6. The van der Waals surface area contributed by atoms with Gasteiger partial charge in [0.15, 0.2) is 0 Å². The Morgan fingerprint density at radius 2 is 1.79 bits per heavy atom. The molecule has 1 atom stereocenters. The maximum atomic E-state index is 12.5. The number of piperidine rings is 1. The van der Waals surface area contributed by atoms with E-state index in [0.29, 0.717) is 13.1 Å². The van der Waals surface area contributed by atoms with Gasteiger partial charge in [0, 0.05) is 45.3 Å². The smallest absolute Gasteiger partial charge is 0.234 e. The van der Waals surface area contributed by atoms with Gasteiger partial charge in [-0.3, -0.25) is 14.6 Å². The molecule has 0 saturated carbocycles. The number of rotatable bonds is 6. The Bertz CT molecular complexity index is 639. The minimum absolute atomic E-state index is 0. The Balaban J connectivity index is 0.00000210. The average molecular weight is 447 g/mol. The second-order valence-corrected chi connectivity index (χ2v) is 8.53. The number of benzene rings is 1. The summed E-state index contributed by atoms with van der Waals surface area (Å²) in [6, 6.07) is 8.59. The first kappa shape index (κ1) is 26.1. The molecule has 1 unspecified atom stereocenters. The van der Waals surface area contributed by atoms with Crippen LogP contribution in [-0.4, -0.2) is 67.7 Å². The van der Waals surface area contributed by atoms with E-state index in [4.69, 9.17) is 10.5 Å². The van der Waals surface area contributed by atoms with E-state index >= 15 is 0 Å². The van der Waals surface area contributed by atoms with Crippen LogP contribution in [0.5, 0.6) is 0 Å². The number of morpholine rings is 1. The Morgan fingerprint density at radius 1 is 1.14 bits per heavy atom.